The van der Waals surface area contributed by atoms with E-state index in [0.717, 1.165) is 6.54 Å². The van der Waals surface area contributed by atoms with Crippen molar-refractivity contribution in [3.05, 3.63) is 24.2 Å². The van der Waals surface area contributed by atoms with Crippen LogP contribution in [-0.4, -0.2) is 6.54 Å². The third kappa shape index (κ3) is 1.87. The second kappa shape index (κ2) is 2.86. The van der Waals surface area contributed by atoms with E-state index in [-0.39, 0.29) is 5.83 Å². The fourth-order valence-electron chi connectivity index (χ4n) is 1.01. The van der Waals surface area contributed by atoms with Gasteiger partial charge in [0.25, 0.3) is 0 Å². The van der Waals surface area contributed by atoms with Gasteiger partial charge < -0.3 is 5.32 Å². The molecule has 0 bridgehead atoms. The lowest BCUT2D eigenvalue weighted by molar-refractivity contribution is 0.489. The van der Waals surface area contributed by atoms with Gasteiger partial charge in [-0.3, -0.25) is 0 Å². The average molecular weight is 141 g/mol. The minimum Gasteiger partial charge on any atom is -0.385 e. The molecule has 1 atom stereocenters. The molecule has 0 amide bonds. The molecule has 0 aliphatic carbocycles. The number of rotatable bonds is 0. The number of nitrogens with one attached hydrogen (secondary N) is 1. The van der Waals surface area contributed by atoms with Gasteiger partial charge in [-0.1, -0.05) is 13.5 Å². The summed E-state index contributed by atoms with van der Waals surface area (Å²) >= 11 is 0. The second-order valence-corrected chi connectivity index (χ2v) is 2.81. The molecule has 1 heterocycles. The highest BCUT2D eigenvalue weighted by molar-refractivity contribution is 5.17. The van der Waals surface area contributed by atoms with Crippen LogP contribution in [0.5, 0.6) is 0 Å². The van der Waals surface area contributed by atoms with Crippen molar-refractivity contribution < 1.29 is 4.39 Å². The van der Waals surface area contributed by atoms with Gasteiger partial charge in [0, 0.05) is 18.7 Å². The molecule has 0 saturated carbocycles. The molecule has 1 nitrogen and oxygen atoms in total. The summed E-state index contributed by atoms with van der Waals surface area (Å²) in [6.45, 7) is 6.47. The van der Waals surface area contributed by atoms with Crippen molar-refractivity contribution in [2.75, 3.05) is 6.54 Å². The van der Waals surface area contributed by atoms with Crippen molar-refractivity contribution in [1.29, 1.82) is 0 Å². The van der Waals surface area contributed by atoms with Gasteiger partial charge in [0.2, 0.25) is 0 Å². The zero-order valence-corrected chi connectivity index (χ0v) is 6.15. The maximum atomic E-state index is 12.7. The second-order valence-electron chi connectivity index (χ2n) is 2.81. The molecule has 10 heavy (non-hydrogen) atoms. The Bertz CT molecular complexity index is 172. The zero-order chi connectivity index (χ0) is 7.56. The Hall–Kier alpha value is -0.790. The standard InChI is InChI=1S/C8H12FN/c1-6-3-8(9)4-7(2)10-5-6/h4,6,10H,2-3,5H2,1H3/t6-/m1/s1. The Kier molecular flexibility index (Phi) is 2.10. The van der Waals surface area contributed by atoms with E-state index in [2.05, 4.69) is 11.9 Å². The quantitative estimate of drug-likeness (QED) is 0.544. The van der Waals surface area contributed by atoms with Gasteiger partial charge >= 0.3 is 0 Å². The number of halogens is 1. The molecule has 0 unspecified atom stereocenters. The van der Waals surface area contributed by atoms with Crippen LogP contribution in [0, 0.1) is 5.92 Å². The zero-order valence-electron chi connectivity index (χ0n) is 6.15. The number of hydrogen-bond acceptors (Lipinski definition) is 1. The lowest BCUT2D eigenvalue weighted by atomic mass is 10.1. The van der Waals surface area contributed by atoms with Crippen molar-refractivity contribution in [2.45, 2.75) is 13.3 Å². The van der Waals surface area contributed by atoms with Crippen molar-refractivity contribution in [3.8, 4) is 0 Å². The van der Waals surface area contributed by atoms with Gasteiger partial charge in [0.15, 0.2) is 0 Å². The van der Waals surface area contributed by atoms with Gasteiger partial charge in [-0.05, 0) is 12.0 Å². The molecular formula is C8H12FN. The molecule has 0 aromatic heterocycles. The summed E-state index contributed by atoms with van der Waals surface area (Å²) in [6.07, 6.45) is 2.00. The van der Waals surface area contributed by atoms with E-state index in [9.17, 15) is 4.39 Å². The Morgan fingerprint density at radius 1 is 1.80 bits per heavy atom. The van der Waals surface area contributed by atoms with Crippen molar-refractivity contribution >= 4 is 0 Å². The molecule has 0 spiro atoms. The van der Waals surface area contributed by atoms with Crippen LogP contribution < -0.4 is 5.32 Å². The van der Waals surface area contributed by atoms with Crippen LogP contribution in [0.25, 0.3) is 0 Å². The van der Waals surface area contributed by atoms with Gasteiger partial charge in [-0.15, -0.1) is 0 Å². The molecule has 2 heteroatoms. The largest absolute Gasteiger partial charge is 0.385 e. The van der Waals surface area contributed by atoms with Crippen molar-refractivity contribution in [3.63, 3.8) is 0 Å². The van der Waals surface area contributed by atoms with Gasteiger partial charge in [0.1, 0.15) is 5.83 Å². The van der Waals surface area contributed by atoms with E-state index >= 15 is 0 Å². The monoisotopic (exact) mass is 141 g/mol. The van der Waals surface area contributed by atoms with Crippen molar-refractivity contribution in [1.82, 2.24) is 5.32 Å². The van der Waals surface area contributed by atoms with Gasteiger partial charge in [-0.2, -0.15) is 0 Å². The summed E-state index contributed by atoms with van der Waals surface area (Å²) in [4.78, 5) is 0. The summed E-state index contributed by atoms with van der Waals surface area (Å²) in [5.41, 5.74) is 0.682. The number of allylic oxidation sites excluding steroid dienone is 2. The molecule has 56 valence electrons. The normalized spacial score (nSPS) is 26.8. The lowest BCUT2D eigenvalue weighted by Crippen LogP contribution is -2.16. The lowest BCUT2D eigenvalue weighted by Gasteiger charge is -2.06. The summed E-state index contributed by atoms with van der Waals surface area (Å²) in [5.74, 6) is 0.304. The van der Waals surface area contributed by atoms with E-state index in [1.807, 2.05) is 6.92 Å². The molecule has 0 aromatic rings. The topological polar surface area (TPSA) is 12.0 Å². The van der Waals surface area contributed by atoms with Crippen LogP contribution >= 0.6 is 0 Å². The van der Waals surface area contributed by atoms with E-state index in [1.165, 1.54) is 6.08 Å². The highest BCUT2D eigenvalue weighted by atomic mass is 19.1. The SMILES string of the molecule is C=C1C=C(F)C[C@@H](C)CN1. The third-order valence-electron chi connectivity index (χ3n) is 1.55. The highest BCUT2D eigenvalue weighted by Crippen LogP contribution is 2.16. The first-order valence-corrected chi connectivity index (χ1v) is 3.47. The first-order valence-electron chi connectivity index (χ1n) is 3.47. The summed E-state index contributed by atoms with van der Waals surface area (Å²) in [5, 5.41) is 3.01. The molecule has 0 fully saturated rings. The molecule has 0 radical (unpaired) electrons. The predicted octanol–water partition coefficient (Wildman–Crippen LogP) is 1.98. The van der Waals surface area contributed by atoms with Gasteiger partial charge in [0.05, 0.1) is 0 Å². The highest BCUT2D eigenvalue weighted by Gasteiger charge is 2.09. The van der Waals surface area contributed by atoms with E-state index in [1.54, 1.807) is 0 Å². The fraction of sp³-hybridized carbons (Fsp3) is 0.500. The van der Waals surface area contributed by atoms with Crippen LogP contribution in [0.3, 0.4) is 0 Å². The Balaban J connectivity index is 2.64. The predicted molar refractivity (Wildman–Crippen MR) is 40.1 cm³/mol. The maximum absolute atomic E-state index is 12.7. The average Bonchev–Trinajstić information content (AvgIpc) is 1.93. The van der Waals surface area contributed by atoms with E-state index in [0.29, 0.717) is 18.0 Å². The van der Waals surface area contributed by atoms with Gasteiger partial charge in [-0.25, -0.2) is 4.39 Å². The smallest absolute Gasteiger partial charge is 0.102 e. The molecular weight excluding hydrogens is 129 g/mol. The van der Waals surface area contributed by atoms with Crippen LogP contribution in [0.15, 0.2) is 24.2 Å². The molecule has 1 aliphatic rings. The minimum atomic E-state index is -0.0671. The summed E-state index contributed by atoms with van der Waals surface area (Å²) in [7, 11) is 0. The Morgan fingerprint density at radius 3 is 3.20 bits per heavy atom. The van der Waals surface area contributed by atoms with Crippen LogP contribution in [0.4, 0.5) is 4.39 Å². The first kappa shape index (κ1) is 7.32. The first-order chi connectivity index (χ1) is 4.68. The molecule has 1 N–H and O–H groups in total. The molecule has 1 rings (SSSR count). The van der Waals surface area contributed by atoms with Crippen LogP contribution in [-0.2, 0) is 0 Å². The number of hydrogen-bond donors (Lipinski definition) is 1. The molecule has 1 aliphatic heterocycles. The molecule has 0 saturated heterocycles. The Labute approximate surface area is 60.6 Å². The van der Waals surface area contributed by atoms with E-state index < -0.39 is 0 Å². The fourth-order valence-corrected chi connectivity index (χ4v) is 1.01. The van der Waals surface area contributed by atoms with Crippen LogP contribution in [0.2, 0.25) is 0 Å². The molecule has 0 aromatic carbocycles. The Morgan fingerprint density at radius 2 is 2.50 bits per heavy atom. The third-order valence-corrected chi connectivity index (χ3v) is 1.55. The minimum absolute atomic E-state index is 0.0671. The van der Waals surface area contributed by atoms with Crippen LogP contribution in [0.1, 0.15) is 13.3 Å². The maximum Gasteiger partial charge on any atom is 0.102 e. The van der Waals surface area contributed by atoms with E-state index in [4.69, 9.17) is 0 Å². The summed E-state index contributed by atoms with van der Waals surface area (Å²) in [6, 6.07) is 0. The summed E-state index contributed by atoms with van der Waals surface area (Å²) < 4.78 is 12.7. The van der Waals surface area contributed by atoms with Crippen molar-refractivity contribution in [2.24, 2.45) is 5.92 Å².